The van der Waals surface area contributed by atoms with Crippen molar-refractivity contribution in [1.82, 2.24) is 0 Å². The summed E-state index contributed by atoms with van der Waals surface area (Å²) in [7, 11) is 6.61. The Hall–Kier alpha value is 0.210. The van der Waals surface area contributed by atoms with Crippen LogP contribution < -0.4 is 12.4 Å². The molecular weight excluding hydrogens is 222 g/mol. The summed E-state index contributed by atoms with van der Waals surface area (Å²) in [5.74, 6) is 0. The van der Waals surface area contributed by atoms with E-state index < -0.39 is 0 Å². The molecule has 0 heterocycles. The first-order valence-electron chi connectivity index (χ1n) is 6.44. The number of hydrogen-bond donors (Lipinski definition) is 0. The lowest BCUT2D eigenvalue weighted by Gasteiger charge is -2.23. The molecule has 3 heteroatoms. The van der Waals surface area contributed by atoms with Crippen LogP contribution in [0.5, 0.6) is 0 Å². The van der Waals surface area contributed by atoms with Gasteiger partial charge in [-0.05, 0) is 6.42 Å². The molecule has 0 bridgehead atoms. The van der Waals surface area contributed by atoms with Crippen LogP contribution in [0.1, 0.15) is 45.4 Å². The van der Waals surface area contributed by atoms with Crippen molar-refractivity contribution in [2.45, 2.75) is 45.4 Å². The molecule has 0 amide bonds. The van der Waals surface area contributed by atoms with Crippen LogP contribution in [0.15, 0.2) is 0 Å². The molecule has 0 atom stereocenters. The number of hydrogen-bond acceptors (Lipinski definition) is 1. The predicted molar refractivity (Wildman–Crippen MR) is 67.1 cm³/mol. The van der Waals surface area contributed by atoms with Gasteiger partial charge in [0.15, 0.2) is 0 Å². The Morgan fingerprint density at radius 2 is 1.38 bits per heavy atom. The van der Waals surface area contributed by atoms with E-state index in [0.29, 0.717) is 0 Å². The van der Waals surface area contributed by atoms with Crippen molar-refractivity contribution in [3.63, 3.8) is 0 Å². The van der Waals surface area contributed by atoms with Gasteiger partial charge in [-0.1, -0.05) is 39.0 Å². The Morgan fingerprint density at radius 3 is 1.94 bits per heavy atom. The second-order valence-electron chi connectivity index (χ2n) is 5.39. The van der Waals surface area contributed by atoms with Crippen molar-refractivity contribution >= 4 is 0 Å². The van der Waals surface area contributed by atoms with Crippen LogP contribution in [0.3, 0.4) is 0 Å². The van der Waals surface area contributed by atoms with E-state index in [1.165, 1.54) is 38.5 Å². The lowest BCUT2D eigenvalue weighted by Crippen LogP contribution is -3.00. The molecule has 0 fully saturated rings. The van der Waals surface area contributed by atoms with E-state index >= 15 is 0 Å². The maximum Gasteiger partial charge on any atom is 0.102 e. The fraction of sp³-hybridized carbons (Fsp3) is 1.00. The monoisotopic (exact) mass is 251 g/mol. The lowest BCUT2D eigenvalue weighted by molar-refractivity contribution is -0.870. The van der Waals surface area contributed by atoms with Crippen molar-refractivity contribution in [2.24, 2.45) is 0 Å². The average molecular weight is 252 g/mol. The highest BCUT2D eigenvalue weighted by Crippen LogP contribution is 2.04. The Bertz CT molecular complexity index is 134. The molecular formula is C13H30ClNO. The molecule has 0 aromatic heterocycles. The molecule has 0 aliphatic rings. The normalized spacial score (nSPS) is 11.2. The summed E-state index contributed by atoms with van der Waals surface area (Å²) in [6, 6.07) is 0. The van der Waals surface area contributed by atoms with Crippen LogP contribution in [-0.2, 0) is 4.74 Å². The SMILES string of the molecule is CCCCCCCCOCC[N+](C)(C)C.[Cl-]. The molecule has 0 aromatic carbocycles. The van der Waals surface area contributed by atoms with E-state index in [9.17, 15) is 0 Å². The van der Waals surface area contributed by atoms with Gasteiger partial charge in [-0.15, -0.1) is 0 Å². The molecule has 16 heavy (non-hydrogen) atoms. The molecule has 0 aliphatic heterocycles. The predicted octanol–water partition coefficient (Wildman–Crippen LogP) is 0.0737. The first kappa shape index (κ1) is 18.6. The topological polar surface area (TPSA) is 9.23 Å². The maximum absolute atomic E-state index is 5.60. The highest BCUT2D eigenvalue weighted by Gasteiger charge is 2.05. The smallest absolute Gasteiger partial charge is 0.102 e. The molecule has 0 aromatic rings. The minimum absolute atomic E-state index is 0. The molecule has 0 saturated carbocycles. The summed E-state index contributed by atoms with van der Waals surface area (Å²) in [4.78, 5) is 0. The van der Waals surface area contributed by atoms with Gasteiger partial charge >= 0.3 is 0 Å². The summed E-state index contributed by atoms with van der Waals surface area (Å²) >= 11 is 0. The van der Waals surface area contributed by atoms with Crippen molar-refractivity contribution in [3.05, 3.63) is 0 Å². The van der Waals surface area contributed by atoms with E-state index in [0.717, 1.165) is 24.2 Å². The van der Waals surface area contributed by atoms with Gasteiger partial charge in [0.2, 0.25) is 0 Å². The fourth-order valence-corrected chi connectivity index (χ4v) is 1.42. The third-order valence-electron chi connectivity index (χ3n) is 2.55. The van der Waals surface area contributed by atoms with Gasteiger partial charge in [0.25, 0.3) is 0 Å². The number of unbranched alkanes of at least 4 members (excludes halogenated alkanes) is 5. The van der Waals surface area contributed by atoms with E-state index in [4.69, 9.17) is 4.74 Å². The summed E-state index contributed by atoms with van der Waals surface area (Å²) < 4.78 is 6.60. The molecule has 0 radical (unpaired) electrons. The second-order valence-corrected chi connectivity index (χ2v) is 5.39. The molecule has 0 unspecified atom stereocenters. The number of ether oxygens (including phenoxy) is 1. The Kier molecular flexibility index (Phi) is 13.6. The second kappa shape index (κ2) is 11.7. The Labute approximate surface area is 108 Å². The van der Waals surface area contributed by atoms with Crippen LogP contribution in [0.2, 0.25) is 0 Å². The number of quaternary nitrogens is 1. The zero-order valence-electron chi connectivity index (χ0n) is 11.6. The minimum atomic E-state index is 0. The molecule has 2 nitrogen and oxygen atoms in total. The van der Waals surface area contributed by atoms with Crippen LogP contribution in [0.4, 0.5) is 0 Å². The Morgan fingerprint density at radius 1 is 0.812 bits per heavy atom. The van der Waals surface area contributed by atoms with Gasteiger partial charge < -0.3 is 21.6 Å². The lowest BCUT2D eigenvalue weighted by atomic mass is 10.1. The van der Waals surface area contributed by atoms with Gasteiger partial charge in [0.1, 0.15) is 6.54 Å². The largest absolute Gasteiger partial charge is 1.00 e. The van der Waals surface area contributed by atoms with Crippen molar-refractivity contribution in [3.8, 4) is 0 Å². The summed E-state index contributed by atoms with van der Waals surface area (Å²) in [5, 5.41) is 0. The maximum atomic E-state index is 5.60. The van der Waals surface area contributed by atoms with Gasteiger partial charge in [0.05, 0.1) is 27.7 Å². The van der Waals surface area contributed by atoms with E-state index in [-0.39, 0.29) is 12.4 Å². The van der Waals surface area contributed by atoms with Crippen molar-refractivity contribution in [2.75, 3.05) is 40.9 Å². The van der Waals surface area contributed by atoms with Crippen LogP contribution in [-0.4, -0.2) is 45.4 Å². The summed E-state index contributed by atoms with van der Waals surface area (Å²) in [5.41, 5.74) is 0. The molecule has 100 valence electrons. The molecule has 0 rings (SSSR count). The van der Waals surface area contributed by atoms with E-state index in [1.54, 1.807) is 0 Å². The van der Waals surface area contributed by atoms with Gasteiger partial charge in [-0.2, -0.15) is 0 Å². The molecule has 0 saturated heterocycles. The highest BCUT2D eigenvalue weighted by molar-refractivity contribution is 4.43. The van der Waals surface area contributed by atoms with Gasteiger partial charge in [-0.3, -0.25) is 0 Å². The number of nitrogens with zero attached hydrogens (tertiary/aromatic N) is 1. The molecule has 0 N–H and O–H groups in total. The third kappa shape index (κ3) is 16.6. The average Bonchev–Trinajstić information content (AvgIpc) is 2.14. The van der Waals surface area contributed by atoms with Crippen molar-refractivity contribution < 1.29 is 21.6 Å². The van der Waals surface area contributed by atoms with Crippen LogP contribution >= 0.6 is 0 Å². The zero-order chi connectivity index (χ0) is 11.6. The van der Waals surface area contributed by atoms with Crippen LogP contribution in [0, 0.1) is 0 Å². The van der Waals surface area contributed by atoms with E-state index in [2.05, 4.69) is 28.1 Å². The standard InChI is InChI=1S/C13H30NO.ClH/c1-5-6-7-8-9-10-12-15-13-11-14(2,3)4;/h5-13H2,1-4H3;1H/q+1;/p-1. The van der Waals surface area contributed by atoms with E-state index in [1.807, 2.05) is 0 Å². The van der Waals surface area contributed by atoms with Crippen molar-refractivity contribution in [1.29, 1.82) is 0 Å². The zero-order valence-corrected chi connectivity index (χ0v) is 12.4. The number of halogens is 1. The fourth-order valence-electron chi connectivity index (χ4n) is 1.42. The summed E-state index contributed by atoms with van der Waals surface area (Å²) in [6.45, 7) is 5.22. The minimum Gasteiger partial charge on any atom is -1.00 e. The number of likely N-dealkylation sites (N-methyl/N-ethyl adjacent to an activating group) is 1. The quantitative estimate of drug-likeness (QED) is 0.395. The van der Waals surface area contributed by atoms with Gasteiger partial charge in [0, 0.05) is 6.61 Å². The highest BCUT2D eigenvalue weighted by atomic mass is 35.5. The van der Waals surface area contributed by atoms with Gasteiger partial charge in [-0.25, -0.2) is 0 Å². The molecule has 0 spiro atoms. The first-order chi connectivity index (χ1) is 7.06. The van der Waals surface area contributed by atoms with Crippen LogP contribution in [0.25, 0.3) is 0 Å². The summed E-state index contributed by atoms with van der Waals surface area (Å²) in [6.07, 6.45) is 8.08. The number of rotatable bonds is 10. The molecule has 0 aliphatic carbocycles. The first-order valence-corrected chi connectivity index (χ1v) is 6.44. The third-order valence-corrected chi connectivity index (χ3v) is 2.55. The Balaban J connectivity index is 0.